The molecule has 5 heteroatoms. The zero-order valence-corrected chi connectivity index (χ0v) is 10.5. The van der Waals surface area contributed by atoms with Crippen LogP contribution in [0.5, 0.6) is 5.75 Å². The molecule has 1 fully saturated rings. The molecule has 1 saturated heterocycles. The maximum atomic E-state index is 11.4. The molecule has 17 heavy (non-hydrogen) atoms. The summed E-state index contributed by atoms with van der Waals surface area (Å²) < 4.78 is 10.5. The Hall–Kier alpha value is -1.26. The van der Waals surface area contributed by atoms with Crippen molar-refractivity contribution >= 4 is 18.4 Å². The van der Waals surface area contributed by atoms with Crippen LogP contribution in [-0.4, -0.2) is 31.8 Å². The summed E-state index contributed by atoms with van der Waals surface area (Å²) >= 11 is 0. The van der Waals surface area contributed by atoms with Crippen LogP contribution in [0.25, 0.3) is 0 Å². The van der Waals surface area contributed by atoms with Gasteiger partial charge in [-0.05, 0) is 31.2 Å². The second-order valence-corrected chi connectivity index (χ2v) is 3.64. The summed E-state index contributed by atoms with van der Waals surface area (Å²) in [5.41, 5.74) is 0.556. The molecule has 1 aromatic carbocycles. The van der Waals surface area contributed by atoms with E-state index in [-0.39, 0.29) is 24.5 Å². The van der Waals surface area contributed by atoms with Crippen molar-refractivity contribution in [1.29, 1.82) is 0 Å². The Balaban J connectivity index is 0.00000144. The van der Waals surface area contributed by atoms with Gasteiger partial charge in [0.25, 0.3) is 0 Å². The van der Waals surface area contributed by atoms with E-state index in [1.54, 1.807) is 31.2 Å². The van der Waals surface area contributed by atoms with Gasteiger partial charge in [0.15, 0.2) is 0 Å². The van der Waals surface area contributed by atoms with Crippen LogP contribution in [0.3, 0.4) is 0 Å². The van der Waals surface area contributed by atoms with E-state index < -0.39 is 0 Å². The molecule has 0 spiro atoms. The third-order valence-corrected chi connectivity index (χ3v) is 2.41. The quantitative estimate of drug-likeness (QED) is 0.833. The second-order valence-electron chi connectivity index (χ2n) is 3.64. The molecule has 0 unspecified atom stereocenters. The van der Waals surface area contributed by atoms with E-state index in [4.69, 9.17) is 9.47 Å². The van der Waals surface area contributed by atoms with Gasteiger partial charge >= 0.3 is 5.97 Å². The molecule has 0 saturated carbocycles. The number of esters is 1. The van der Waals surface area contributed by atoms with E-state index in [9.17, 15) is 4.79 Å². The third kappa shape index (κ3) is 3.61. The molecule has 0 radical (unpaired) electrons. The first-order chi connectivity index (χ1) is 7.79. The molecular weight excluding hydrogens is 242 g/mol. The summed E-state index contributed by atoms with van der Waals surface area (Å²) in [4.78, 5) is 11.4. The van der Waals surface area contributed by atoms with Crippen molar-refractivity contribution in [2.75, 3.05) is 19.7 Å². The average molecular weight is 258 g/mol. The predicted molar refractivity (Wildman–Crippen MR) is 66.9 cm³/mol. The van der Waals surface area contributed by atoms with Crippen LogP contribution in [0.4, 0.5) is 0 Å². The number of hydrogen-bond acceptors (Lipinski definition) is 4. The molecule has 1 N–H and O–H groups in total. The van der Waals surface area contributed by atoms with Crippen LogP contribution in [0.2, 0.25) is 0 Å². The average Bonchev–Trinajstić information content (AvgIpc) is 2.25. The smallest absolute Gasteiger partial charge is 0.338 e. The minimum atomic E-state index is -0.292. The molecule has 0 aliphatic carbocycles. The number of hydrogen-bond donors (Lipinski definition) is 1. The maximum Gasteiger partial charge on any atom is 0.338 e. The normalized spacial score (nSPS) is 14.4. The van der Waals surface area contributed by atoms with Crippen LogP contribution >= 0.6 is 12.4 Å². The maximum absolute atomic E-state index is 11.4. The predicted octanol–water partition coefficient (Wildman–Crippen LogP) is 1.64. The van der Waals surface area contributed by atoms with Gasteiger partial charge in [0.2, 0.25) is 0 Å². The highest BCUT2D eigenvalue weighted by atomic mass is 35.5. The van der Waals surface area contributed by atoms with Gasteiger partial charge in [-0.15, -0.1) is 12.4 Å². The summed E-state index contributed by atoms with van der Waals surface area (Å²) in [5, 5.41) is 3.13. The van der Waals surface area contributed by atoms with E-state index in [1.165, 1.54) is 0 Å². The van der Waals surface area contributed by atoms with Gasteiger partial charge in [-0.2, -0.15) is 0 Å². The summed E-state index contributed by atoms with van der Waals surface area (Å²) in [7, 11) is 0. The standard InChI is InChI=1S/C12H15NO3.ClH/c1-2-15-12(14)9-3-5-10(6-4-9)16-11-7-13-8-11;/h3-6,11,13H,2,7-8H2,1H3;1H. The number of ether oxygens (including phenoxy) is 2. The second kappa shape index (κ2) is 6.47. The van der Waals surface area contributed by atoms with Crippen LogP contribution in [0, 0.1) is 0 Å². The lowest BCUT2D eigenvalue weighted by Crippen LogP contribution is -2.50. The van der Waals surface area contributed by atoms with Crippen LogP contribution < -0.4 is 10.1 Å². The molecule has 0 amide bonds. The summed E-state index contributed by atoms with van der Waals surface area (Å²) in [6.07, 6.45) is 0.258. The Morgan fingerprint density at radius 1 is 1.35 bits per heavy atom. The third-order valence-electron chi connectivity index (χ3n) is 2.41. The number of benzene rings is 1. The van der Waals surface area contributed by atoms with E-state index in [2.05, 4.69) is 5.32 Å². The molecule has 0 aromatic heterocycles. The van der Waals surface area contributed by atoms with Crippen molar-refractivity contribution in [3.63, 3.8) is 0 Å². The summed E-state index contributed by atoms with van der Waals surface area (Å²) in [6, 6.07) is 7.04. The zero-order chi connectivity index (χ0) is 11.4. The Kier molecular flexibility index (Phi) is 5.25. The number of carbonyl (C=O) groups excluding carboxylic acids is 1. The lowest BCUT2D eigenvalue weighted by Gasteiger charge is -2.27. The highest BCUT2D eigenvalue weighted by Gasteiger charge is 2.18. The SMILES string of the molecule is CCOC(=O)c1ccc(OC2CNC2)cc1.Cl. The fourth-order valence-corrected chi connectivity index (χ4v) is 1.42. The molecule has 1 heterocycles. The lowest BCUT2D eigenvalue weighted by atomic mass is 10.2. The zero-order valence-electron chi connectivity index (χ0n) is 9.64. The van der Waals surface area contributed by atoms with Crippen molar-refractivity contribution in [2.24, 2.45) is 0 Å². The van der Waals surface area contributed by atoms with Gasteiger partial charge in [0.1, 0.15) is 11.9 Å². The first kappa shape index (κ1) is 13.8. The topological polar surface area (TPSA) is 47.6 Å². The van der Waals surface area contributed by atoms with Crippen molar-refractivity contribution in [2.45, 2.75) is 13.0 Å². The highest BCUT2D eigenvalue weighted by molar-refractivity contribution is 5.89. The summed E-state index contributed by atoms with van der Waals surface area (Å²) in [6.45, 7) is 3.96. The highest BCUT2D eigenvalue weighted by Crippen LogP contribution is 2.15. The van der Waals surface area contributed by atoms with Crippen molar-refractivity contribution in [1.82, 2.24) is 5.32 Å². The van der Waals surface area contributed by atoms with Crippen LogP contribution in [-0.2, 0) is 4.74 Å². The van der Waals surface area contributed by atoms with Crippen molar-refractivity contribution in [3.8, 4) is 5.75 Å². The molecule has 0 atom stereocenters. The Labute approximate surface area is 107 Å². The molecule has 94 valence electrons. The van der Waals surface area contributed by atoms with Gasteiger partial charge in [0, 0.05) is 13.1 Å². The van der Waals surface area contributed by atoms with Crippen molar-refractivity contribution in [3.05, 3.63) is 29.8 Å². The molecular formula is C12H16ClNO3. The van der Waals surface area contributed by atoms with E-state index in [0.29, 0.717) is 12.2 Å². The van der Waals surface area contributed by atoms with Gasteiger partial charge in [0.05, 0.1) is 12.2 Å². The van der Waals surface area contributed by atoms with E-state index in [0.717, 1.165) is 18.8 Å². The summed E-state index contributed by atoms with van der Waals surface area (Å²) in [5.74, 6) is 0.499. The molecule has 1 aliphatic heterocycles. The first-order valence-electron chi connectivity index (χ1n) is 5.44. The minimum absolute atomic E-state index is 0. The van der Waals surface area contributed by atoms with Crippen LogP contribution in [0.15, 0.2) is 24.3 Å². The lowest BCUT2D eigenvalue weighted by molar-refractivity contribution is 0.0526. The van der Waals surface area contributed by atoms with Crippen molar-refractivity contribution < 1.29 is 14.3 Å². The monoisotopic (exact) mass is 257 g/mol. The number of nitrogens with one attached hydrogen (secondary N) is 1. The Morgan fingerprint density at radius 3 is 2.47 bits per heavy atom. The Morgan fingerprint density at radius 2 is 2.00 bits per heavy atom. The Bertz CT molecular complexity index is 363. The number of rotatable bonds is 4. The minimum Gasteiger partial charge on any atom is -0.488 e. The fourth-order valence-electron chi connectivity index (χ4n) is 1.42. The number of halogens is 1. The molecule has 0 bridgehead atoms. The first-order valence-corrected chi connectivity index (χ1v) is 5.44. The van der Waals surface area contributed by atoms with E-state index >= 15 is 0 Å². The molecule has 4 nitrogen and oxygen atoms in total. The van der Waals surface area contributed by atoms with E-state index in [1.807, 2.05) is 0 Å². The van der Waals surface area contributed by atoms with Crippen LogP contribution in [0.1, 0.15) is 17.3 Å². The van der Waals surface area contributed by atoms with Gasteiger partial charge in [-0.25, -0.2) is 4.79 Å². The fraction of sp³-hybridized carbons (Fsp3) is 0.417. The van der Waals surface area contributed by atoms with Gasteiger partial charge in [-0.1, -0.05) is 0 Å². The van der Waals surface area contributed by atoms with Gasteiger partial charge < -0.3 is 14.8 Å². The molecule has 2 rings (SSSR count). The molecule has 1 aromatic rings. The largest absolute Gasteiger partial charge is 0.488 e. The number of carbonyl (C=O) groups is 1. The van der Waals surface area contributed by atoms with Gasteiger partial charge in [-0.3, -0.25) is 0 Å². The molecule has 1 aliphatic rings.